The topological polar surface area (TPSA) is 9.23 Å². The van der Waals surface area contributed by atoms with E-state index in [1.165, 1.54) is 11.1 Å². The summed E-state index contributed by atoms with van der Waals surface area (Å²) in [4.78, 5) is 0. The summed E-state index contributed by atoms with van der Waals surface area (Å²) in [6, 6.07) is 19.2. The molecule has 18 heavy (non-hydrogen) atoms. The Morgan fingerprint density at radius 3 is 2.33 bits per heavy atom. The minimum atomic E-state index is 0.202. The second-order valence-corrected chi connectivity index (χ2v) is 5.47. The molecule has 0 saturated carbocycles. The van der Waals surface area contributed by atoms with Crippen LogP contribution in [0.4, 0.5) is 0 Å². The van der Waals surface area contributed by atoms with Crippen LogP contribution in [0, 0.1) is 6.07 Å². The van der Waals surface area contributed by atoms with Gasteiger partial charge in [0, 0.05) is 0 Å². The van der Waals surface area contributed by atoms with Crippen molar-refractivity contribution in [3.8, 4) is 5.75 Å². The lowest BCUT2D eigenvalue weighted by molar-refractivity contribution is 0.306. The van der Waals surface area contributed by atoms with Crippen molar-refractivity contribution in [3.05, 3.63) is 65.7 Å². The highest BCUT2D eigenvalue weighted by Gasteiger charge is 2.12. The Labute approximate surface area is 109 Å². The molecule has 1 heteroatoms. The van der Waals surface area contributed by atoms with Gasteiger partial charge < -0.3 is 4.74 Å². The zero-order chi connectivity index (χ0) is 13.0. The van der Waals surface area contributed by atoms with Crippen LogP contribution < -0.4 is 4.74 Å². The van der Waals surface area contributed by atoms with Crippen molar-refractivity contribution < 1.29 is 4.74 Å². The molecule has 0 heterocycles. The number of ether oxygens (including phenoxy) is 1. The van der Waals surface area contributed by atoms with Gasteiger partial charge >= 0.3 is 0 Å². The van der Waals surface area contributed by atoms with Crippen LogP contribution in [-0.4, -0.2) is 0 Å². The fraction of sp³-hybridized carbons (Fsp3) is 0.294. The molecule has 0 aliphatic heterocycles. The van der Waals surface area contributed by atoms with Crippen molar-refractivity contribution in [3.63, 3.8) is 0 Å². The van der Waals surface area contributed by atoms with Crippen molar-refractivity contribution in [2.45, 2.75) is 32.8 Å². The van der Waals surface area contributed by atoms with E-state index in [4.69, 9.17) is 4.74 Å². The standard InChI is InChI=1S/C17H19O/c1-17(2,3)15-11-9-14(10-12-15)13-18-16-7-5-4-6-8-16/h4-5,7-12H,13H2,1-3H3. The highest BCUT2D eigenvalue weighted by Crippen LogP contribution is 2.22. The minimum absolute atomic E-state index is 0.202. The molecule has 1 nitrogen and oxygen atoms in total. The third-order valence-corrected chi connectivity index (χ3v) is 2.90. The fourth-order valence-electron chi connectivity index (χ4n) is 1.73. The van der Waals surface area contributed by atoms with Crippen molar-refractivity contribution in [1.29, 1.82) is 0 Å². The van der Waals surface area contributed by atoms with E-state index in [1.54, 1.807) is 0 Å². The molecule has 0 aromatic heterocycles. The second-order valence-electron chi connectivity index (χ2n) is 5.47. The van der Waals surface area contributed by atoms with Gasteiger partial charge in [-0.2, -0.15) is 0 Å². The summed E-state index contributed by atoms with van der Waals surface area (Å²) in [6.07, 6.45) is 0. The van der Waals surface area contributed by atoms with Crippen molar-refractivity contribution in [2.75, 3.05) is 0 Å². The highest BCUT2D eigenvalue weighted by atomic mass is 16.5. The molecule has 0 spiro atoms. The number of rotatable bonds is 3. The summed E-state index contributed by atoms with van der Waals surface area (Å²) in [7, 11) is 0. The summed E-state index contributed by atoms with van der Waals surface area (Å²) in [6.45, 7) is 7.26. The predicted molar refractivity (Wildman–Crippen MR) is 74.8 cm³/mol. The first-order valence-electron chi connectivity index (χ1n) is 6.24. The second kappa shape index (κ2) is 5.26. The first-order valence-corrected chi connectivity index (χ1v) is 6.24. The molecular weight excluding hydrogens is 220 g/mol. The molecule has 1 radical (unpaired) electrons. The molecule has 93 valence electrons. The quantitative estimate of drug-likeness (QED) is 0.773. The molecule has 0 bridgehead atoms. The predicted octanol–water partition coefficient (Wildman–Crippen LogP) is 4.36. The maximum Gasteiger partial charge on any atom is 0.120 e. The van der Waals surface area contributed by atoms with Crippen LogP contribution in [0.25, 0.3) is 0 Å². The lowest BCUT2D eigenvalue weighted by Crippen LogP contribution is -2.10. The van der Waals surface area contributed by atoms with E-state index in [2.05, 4.69) is 51.1 Å². The summed E-state index contributed by atoms with van der Waals surface area (Å²) in [5, 5.41) is 0. The first kappa shape index (κ1) is 12.7. The largest absolute Gasteiger partial charge is 0.489 e. The zero-order valence-corrected chi connectivity index (χ0v) is 11.2. The monoisotopic (exact) mass is 239 g/mol. The molecule has 0 amide bonds. The maximum atomic E-state index is 5.69. The van der Waals surface area contributed by atoms with E-state index in [-0.39, 0.29) is 5.41 Å². The Kier molecular flexibility index (Phi) is 3.71. The van der Waals surface area contributed by atoms with Gasteiger partial charge in [0.2, 0.25) is 0 Å². The van der Waals surface area contributed by atoms with Gasteiger partial charge in [-0.05, 0) is 34.7 Å². The molecule has 0 aliphatic carbocycles. The summed E-state index contributed by atoms with van der Waals surface area (Å²) in [5.41, 5.74) is 2.74. The SMILES string of the molecule is CC(C)(C)c1ccc(COc2c[c]ccc2)cc1. The van der Waals surface area contributed by atoms with Gasteiger partial charge in [-0.3, -0.25) is 0 Å². The van der Waals surface area contributed by atoms with Gasteiger partial charge in [-0.25, -0.2) is 0 Å². The molecule has 2 aromatic rings. The Bertz CT molecular complexity index is 477. The van der Waals surface area contributed by atoms with Crippen LogP contribution in [0.1, 0.15) is 31.9 Å². The Hall–Kier alpha value is -1.76. The van der Waals surface area contributed by atoms with Crippen molar-refractivity contribution >= 4 is 0 Å². The van der Waals surface area contributed by atoms with Crippen LogP contribution in [0.3, 0.4) is 0 Å². The normalized spacial score (nSPS) is 11.3. The molecule has 2 aromatic carbocycles. The Morgan fingerprint density at radius 1 is 1.06 bits per heavy atom. The fourth-order valence-corrected chi connectivity index (χ4v) is 1.73. The van der Waals surface area contributed by atoms with Crippen LogP contribution in [-0.2, 0) is 12.0 Å². The first-order chi connectivity index (χ1) is 8.55. The maximum absolute atomic E-state index is 5.69. The van der Waals surface area contributed by atoms with Crippen LogP contribution >= 0.6 is 0 Å². The van der Waals surface area contributed by atoms with Gasteiger partial charge in [-0.1, -0.05) is 57.2 Å². The average Bonchev–Trinajstić information content (AvgIpc) is 2.37. The van der Waals surface area contributed by atoms with Crippen LogP contribution in [0.15, 0.2) is 48.5 Å². The third kappa shape index (κ3) is 3.36. The van der Waals surface area contributed by atoms with E-state index in [0.717, 1.165) is 5.75 Å². The molecule has 0 N–H and O–H groups in total. The van der Waals surface area contributed by atoms with Gasteiger partial charge in [0.05, 0.1) is 0 Å². The average molecular weight is 239 g/mol. The molecule has 0 saturated heterocycles. The number of hydrogen-bond acceptors (Lipinski definition) is 1. The number of hydrogen-bond donors (Lipinski definition) is 0. The summed E-state index contributed by atoms with van der Waals surface area (Å²) >= 11 is 0. The molecule has 0 atom stereocenters. The molecular formula is C17H19O. The van der Waals surface area contributed by atoms with Gasteiger partial charge in [0.1, 0.15) is 12.4 Å². The van der Waals surface area contributed by atoms with Gasteiger partial charge in [0.15, 0.2) is 0 Å². The molecule has 2 rings (SSSR count). The van der Waals surface area contributed by atoms with Crippen LogP contribution in [0.2, 0.25) is 0 Å². The van der Waals surface area contributed by atoms with E-state index in [9.17, 15) is 0 Å². The van der Waals surface area contributed by atoms with E-state index in [0.29, 0.717) is 6.61 Å². The molecule has 0 fully saturated rings. The lowest BCUT2D eigenvalue weighted by Gasteiger charge is -2.19. The molecule has 0 unspecified atom stereocenters. The van der Waals surface area contributed by atoms with E-state index in [1.807, 2.05) is 24.3 Å². The van der Waals surface area contributed by atoms with Gasteiger partial charge in [-0.15, -0.1) is 0 Å². The Morgan fingerprint density at radius 2 is 1.78 bits per heavy atom. The Balaban J connectivity index is 1.99. The third-order valence-electron chi connectivity index (χ3n) is 2.90. The minimum Gasteiger partial charge on any atom is -0.489 e. The zero-order valence-electron chi connectivity index (χ0n) is 11.2. The van der Waals surface area contributed by atoms with E-state index >= 15 is 0 Å². The number of benzene rings is 2. The van der Waals surface area contributed by atoms with Crippen LogP contribution in [0.5, 0.6) is 5.75 Å². The highest BCUT2D eigenvalue weighted by molar-refractivity contribution is 5.28. The van der Waals surface area contributed by atoms with E-state index < -0.39 is 0 Å². The van der Waals surface area contributed by atoms with Crippen molar-refractivity contribution in [1.82, 2.24) is 0 Å². The van der Waals surface area contributed by atoms with Gasteiger partial charge in [0.25, 0.3) is 0 Å². The lowest BCUT2D eigenvalue weighted by atomic mass is 9.87. The van der Waals surface area contributed by atoms with Crippen molar-refractivity contribution in [2.24, 2.45) is 0 Å². The summed E-state index contributed by atoms with van der Waals surface area (Å²) < 4.78 is 5.69. The summed E-state index contributed by atoms with van der Waals surface area (Å²) in [5.74, 6) is 0.859. The smallest absolute Gasteiger partial charge is 0.120 e. The molecule has 0 aliphatic rings.